The zero-order valence-corrected chi connectivity index (χ0v) is 11.5. The quantitative estimate of drug-likeness (QED) is 0.829. The van der Waals surface area contributed by atoms with Gasteiger partial charge in [0.05, 0.1) is 5.75 Å². The number of hydrogen-bond donors (Lipinski definition) is 1. The lowest BCUT2D eigenvalue weighted by Gasteiger charge is -2.46. The van der Waals surface area contributed by atoms with Gasteiger partial charge in [0.1, 0.15) is 0 Å². The first-order chi connectivity index (χ1) is 7.95. The summed E-state index contributed by atoms with van der Waals surface area (Å²) in [6.07, 6.45) is 6.65. The third-order valence-corrected chi connectivity index (χ3v) is 6.19. The lowest BCUT2D eigenvalue weighted by atomic mass is 9.91. The molecule has 0 unspecified atom stereocenters. The third kappa shape index (κ3) is 3.01. The van der Waals surface area contributed by atoms with Gasteiger partial charge in [-0.25, -0.2) is 8.42 Å². The summed E-state index contributed by atoms with van der Waals surface area (Å²) >= 11 is 0. The van der Waals surface area contributed by atoms with Crippen LogP contribution in [0.4, 0.5) is 0 Å². The number of nitrogens with zero attached hydrogens (tertiary/aromatic N) is 1. The molecule has 4 nitrogen and oxygen atoms in total. The number of hydrogen-bond acceptors (Lipinski definition) is 3. The molecule has 100 valence electrons. The summed E-state index contributed by atoms with van der Waals surface area (Å²) in [5.74, 6) is 0.718. The Morgan fingerprint density at radius 2 is 1.82 bits per heavy atom. The molecule has 1 saturated heterocycles. The summed E-state index contributed by atoms with van der Waals surface area (Å²) < 4.78 is 25.9. The van der Waals surface area contributed by atoms with Crippen molar-refractivity contribution in [3.63, 3.8) is 0 Å². The lowest BCUT2D eigenvalue weighted by molar-refractivity contribution is 0.152. The van der Waals surface area contributed by atoms with Crippen LogP contribution in [0.25, 0.3) is 0 Å². The van der Waals surface area contributed by atoms with Crippen molar-refractivity contribution in [2.45, 2.75) is 51.0 Å². The zero-order valence-electron chi connectivity index (χ0n) is 10.7. The molecular formula is C12H24N2O2S. The van der Waals surface area contributed by atoms with Gasteiger partial charge in [-0.3, -0.25) is 0 Å². The molecule has 0 radical (unpaired) electrons. The minimum Gasteiger partial charge on any atom is -0.323 e. The molecule has 5 heteroatoms. The maximum Gasteiger partial charge on any atom is 0.214 e. The second-order valence-electron chi connectivity index (χ2n) is 5.77. The Kier molecular flexibility index (Phi) is 3.80. The summed E-state index contributed by atoms with van der Waals surface area (Å²) in [6.45, 7) is 3.04. The molecule has 2 fully saturated rings. The summed E-state index contributed by atoms with van der Waals surface area (Å²) in [4.78, 5) is 0. The fourth-order valence-corrected chi connectivity index (χ4v) is 4.88. The van der Waals surface area contributed by atoms with Gasteiger partial charge >= 0.3 is 0 Å². The summed E-state index contributed by atoms with van der Waals surface area (Å²) in [5, 5.41) is 0. The molecule has 0 aromatic heterocycles. The molecule has 1 aliphatic heterocycles. The van der Waals surface area contributed by atoms with Crippen LogP contribution in [0.15, 0.2) is 0 Å². The molecule has 0 amide bonds. The average Bonchev–Trinajstić information content (AvgIpc) is 2.25. The predicted molar refractivity (Wildman–Crippen MR) is 69.1 cm³/mol. The fraction of sp³-hybridized carbons (Fsp3) is 1.00. The Morgan fingerprint density at radius 3 is 2.35 bits per heavy atom. The van der Waals surface area contributed by atoms with E-state index in [2.05, 4.69) is 0 Å². The van der Waals surface area contributed by atoms with E-state index in [1.165, 1.54) is 19.3 Å². The van der Waals surface area contributed by atoms with E-state index in [1.54, 1.807) is 4.31 Å². The molecule has 2 N–H and O–H groups in total. The molecule has 0 aromatic carbocycles. The van der Waals surface area contributed by atoms with Crippen LogP contribution in [0.2, 0.25) is 0 Å². The summed E-state index contributed by atoms with van der Waals surface area (Å²) in [7, 11) is -3.05. The second kappa shape index (κ2) is 4.86. The highest BCUT2D eigenvalue weighted by atomic mass is 32.2. The van der Waals surface area contributed by atoms with Gasteiger partial charge < -0.3 is 5.73 Å². The smallest absolute Gasteiger partial charge is 0.214 e. The van der Waals surface area contributed by atoms with Crippen LogP contribution in [-0.4, -0.2) is 37.1 Å². The van der Waals surface area contributed by atoms with Crippen LogP contribution >= 0.6 is 0 Å². The molecule has 1 heterocycles. The molecule has 1 saturated carbocycles. The molecule has 1 aliphatic carbocycles. The first-order valence-electron chi connectivity index (χ1n) is 6.72. The van der Waals surface area contributed by atoms with Crippen LogP contribution in [0.5, 0.6) is 0 Å². The molecular weight excluding hydrogens is 236 g/mol. The molecule has 2 aliphatic rings. The van der Waals surface area contributed by atoms with Gasteiger partial charge in [-0.05, 0) is 25.2 Å². The minimum atomic E-state index is -3.05. The molecule has 0 spiro atoms. The predicted octanol–water partition coefficient (Wildman–Crippen LogP) is 1.32. The number of sulfonamides is 1. The van der Waals surface area contributed by atoms with Crippen molar-refractivity contribution in [1.82, 2.24) is 4.31 Å². The first kappa shape index (κ1) is 13.3. The first-order valence-corrected chi connectivity index (χ1v) is 8.33. The van der Waals surface area contributed by atoms with Crippen molar-refractivity contribution in [2.75, 3.05) is 18.8 Å². The van der Waals surface area contributed by atoms with Gasteiger partial charge in [-0.15, -0.1) is 0 Å². The minimum absolute atomic E-state index is 0.264. The highest BCUT2D eigenvalue weighted by molar-refractivity contribution is 7.89. The van der Waals surface area contributed by atoms with E-state index in [4.69, 9.17) is 5.73 Å². The van der Waals surface area contributed by atoms with Crippen molar-refractivity contribution in [1.29, 1.82) is 0 Å². The van der Waals surface area contributed by atoms with Crippen LogP contribution in [0.1, 0.15) is 45.4 Å². The second-order valence-corrected chi connectivity index (χ2v) is 7.78. The van der Waals surface area contributed by atoms with E-state index >= 15 is 0 Å². The summed E-state index contributed by atoms with van der Waals surface area (Å²) in [5.41, 5.74) is 5.75. The van der Waals surface area contributed by atoms with Crippen molar-refractivity contribution in [2.24, 2.45) is 11.7 Å². The topological polar surface area (TPSA) is 63.4 Å². The maximum absolute atomic E-state index is 12.2. The summed E-state index contributed by atoms with van der Waals surface area (Å²) in [6, 6.07) is 0. The Bertz CT molecular complexity index is 355. The van der Waals surface area contributed by atoms with E-state index < -0.39 is 10.0 Å². The van der Waals surface area contributed by atoms with Crippen LogP contribution in [-0.2, 0) is 10.0 Å². The van der Waals surface area contributed by atoms with Gasteiger partial charge in [0.15, 0.2) is 0 Å². The molecule has 0 bridgehead atoms. The largest absolute Gasteiger partial charge is 0.323 e. The van der Waals surface area contributed by atoms with E-state index in [1.807, 2.05) is 6.92 Å². The highest BCUT2D eigenvalue weighted by Crippen LogP contribution is 2.29. The normalized spacial score (nSPS) is 26.7. The van der Waals surface area contributed by atoms with Crippen LogP contribution in [0, 0.1) is 5.92 Å². The monoisotopic (exact) mass is 260 g/mol. The molecule has 2 rings (SSSR count). The Hall–Kier alpha value is -0.130. The van der Waals surface area contributed by atoms with Crippen LogP contribution < -0.4 is 5.73 Å². The number of nitrogens with two attached hydrogens (primary N) is 1. The Labute approximate surface area is 105 Å². The average molecular weight is 260 g/mol. The standard InChI is InChI=1S/C12H24N2O2S/c1-2-12(13)9-14(10-12)17(15,16)8-11-6-4-3-5-7-11/h11H,2-10,13H2,1H3. The molecule has 0 atom stereocenters. The van der Waals surface area contributed by atoms with Crippen molar-refractivity contribution in [3.8, 4) is 0 Å². The van der Waals surface area contributed by atoms with Gasteiger partial charge in [0.25, 0.3) is 0 Å². The zero-order chi connectivity index (χ0) is 12.5. The molecule has 17 heavy (non-hydrogen) atoms. The fourth-order valence-electron chi connectivity index (χ4n) is 2.83. The van der Waals surface area contributed by atoms with Gasteiger partial charge in [-0.2, -0.15) is 4.31 Å². The van der Waals surface area contributed by atoms with Crippen molar-refractivity contribution in [3.05, 3.63) is 0 Å². The maximum atomic E-state index is 12.2. The molecule has 0 aromatic rings. The van der Waals surface area contributed by atoms with Gasteiger partial charge in [0, 0.05) is 18.6 Å². The third-order valence-electron chi connectivity index (χ3n) is 4.25. The Morgan fingerprint density at radius 1 is 1.24 bits per heavy atom. The lowest BCUT2D eigenvalue weighted by Crippen LogP contribution is -2.68. The highest BCUT2D eigenvalue weighted by Gasteiger charge is 2.44. The van der Waals surface area contributed by atoms with Crippen molar-refractivity contribution >= 4 is 10.0 Å². The van der Waals surface area contributed by atoms with E-state index in [0.717, 1.165) is 19.3 Å². The van der Waals surface area contributed by atoms with Gasteiger partial charge in [0.2, 0.25) is 10.0 Å². The van der Waals surface area contributed by atoms with E-state index in [-0.39, 0.29) is 5.54 Å². The Balaban J connectivity index is 1.87. The number of rotatable bonds is 4. The van der Waals surface area contributed by atoms with Gasteiger partial charge in [-0.1, -0.05) is 26.2 Å². The van der Waals surface area contributed by atoms with Crippen LogP contribution in [0.3, 0.4) is 0 Å². The van der Waals surface area contributed by atoms with Crippen molar-refractivity contribution < 1.29 is 8.42 Å². The van der Waals surface area contributed by atoms with E-state index in [0.29, 0.717) is 24.8 Å². The van der Waals surface area contributed by atoms with E-state index in [9.17, 15) is 8.42 Å². The SMILES string of the molecule is CCC1(N)CN(S(=O)(=O)CC2CCCCC2)C1.